The largest absolute Gasteiger partial charge is 0.469 e. The van der Waals surface area contributed by atoms with Gasteiger partial charge in [-0.15, -0.1) is 0 Å². The van der Waals surface area contributed by atoms with Crippen LogP contribution in [0.5, 0.6) is 0 Å². The van der Waals surface area contributed by atoms with E-state index in [2.05, 4.69) is 15.3 Å². The van der Waals surface area contributed by atoms with Crippen LogP contribution in [0, 0.1) is 0 Å². The van der Waals surface area contributed by atoms with Crippen LogP contribution >= 0.6 is 0 Å². The molecule has 1 fully saturated rings. The highest BCUT2D eigenvalue weighted by Gasteiger charge is 2.25. The molecule has 0 aliphatic carbocycles. The Kier molecular flexibility index (Phi) is 8.31. The molecule has 0 saturated carbocycles. The first kappa shape index (κ1) is 21.9. The molecule has 1 atom stereocenters. The van der Waals surface area contributed by atoms with Gasteiger partial charge < -0.3 is 24.1 Å². The number of piperidine rings is 1. The number of carbonyl (C=O) groups is 1. The fourth-order valence-corrected chi connectivity index (χ4v) is 3.48. The lowest BCUT2D eigenvalue weighted by atomic mass is 10.1. The Morgan fingerprint density at radius 3 is 3.13 bits per heavy atom. The molecule has 0 aromatic carbocycles. The Labute approximate surface area is 177 Å². The number of likely N-dealkylation sites (tertiary alicyclic amines) is 1. The Balaban J connectivity index is 1.62. The van der Waals surface area contributed by atoms with E-state index in [1.165, 1.54) is 0 Å². The molecule has 1 aliphatic rings. The summed E-state index contributed by atoms with van der Waals surface area (Å²) in [6.07, 6.45) is 7.84. The third-order valence-corrected chi connectivity index (χ3v) is 4.97. The van der Waals surface area contributed by atoms with Crippen LogP contribution in [0.3, 0.4) is 0 Å². The van der Waals surface area contributed by atoms with Crippen molar-refractivity contribution < 1.29 is 18.7 Å². The first-order chi connectivity index (χ1) is 14.7. The molecule has 2 aromatic rings. The maximum absolute atomic E-state index is 11.9. The summed E-state index contributed by atoms with van der Waals surface area (Å²) in [5, 5.41) is 7.86. The van der Waals surface area contributed by atoms with Crippen molar-refractivity contribution in [3.63, 3.8) is 0 Å². The second kappa shape index (κ2) is 11.4. The fraction of sp³-hybridized carbons (Fsp3) is 0.571. The summed E-state index contributed by atoms with van der Waals surface area (Å²) in [7, 11) is 1.68. The number of ether oxygens (including phenoxy) is 2. The maximum Gasteiger partial charge on any atom is 0.341 e. The van der Waals surface area contributed by atoms with Gasteiger partial charge in [0.2, 0.25) is 0 Å². The number of methoxy groups -OCH3 is 1. The fourth-order valence-electron chi connectivity index (χ4n) is 3.48. The quantitative estimate of drug-likeness (QED) is 0.289. The Morgan fingerprint density at radius 1 is 1.47 bits per heavy atom. The Bertz CT molecular complexity index is 802. The Morgan fingerprint density at radius 2 is 2.37 bits per heavy atom. The Hall–Kier alpha value is -2.81. The van der Waals surface area contributed by atoms with Crippen molar-refractivity contribution in [2.75, 3.05) is 46.5 Å². The van der Waals surface area contributed by atoms with Crippen LogP contribution in [0.1, 0.15) is 41.9 Å². The highest BCUT2D eigenvalue weighted by atomic mass is 16.5. The van der Waals surface area contributed by atoms with Gasteiger partial charge in [-0.3, -0.25) is 9.67 Å². The topological polar surface area (TPSA) is 94.1 Å². The average molecular weight is 418 g/mol. The number of aromatic nitrogens is 2. The van der Waals surface area contributed by atoms with Gasteiger partial charge in [0.05, 0.1) is 43.8 Å². The molecule has 164 valence electrons. The zero-order valence-corrected chi connectivity index (χ0v) is 17.7. The predicted octanol–water partition coefficient (Wildman–Crippen LogP) is 2.12. The van der Waals surface area contributed by atoms with E-state index >= 15 is 0 Å². The van der Waals surface area contributed by atoms with Gasteiger partial charge in [0, 0.05) is 39.4 Å². The van der Waals surface area contributed by atoms with Crippen LogP contribution in [0.25, 0.3) is 0 Å². The van der Waals surface area contributed by atoms with Crippen LogP contribution in [-0.4, -0.2) is 73.1 Å². The van der Waals surface area contributed by atoms with E-state index in [9.17, 15) is 4.79 Å². The molecule has 9 heteroatoms. The molecule has 1 N–H and O–H groups in total. The third kappa shape index (κ3) is 6.09. The number of carbonyl (C=O) groups excluding carboxylic acids is 1. The van der Waals surface area contributed by atoms with E-state index < -0.39 is 0 Å². The number of nitrogens with zero attached hydrogens (tertiary/aromatic N) is 4. The van der Waals surface area contributed by atoms with Crippen molar-refractivity contribution in [2.24, 2.45) is 4.99 Å². The van der Waals surface area contributed by atoms with Gasteiger partial charge >= 0.3 is 5.97 Å². The van der Waals surface area contributed by atoms with E-state index in [4.69, 9.17) is 18.9 Å². The van der Waals surface area contributed by atoms with Gasteiger partial charge in [-0.1, -0.05) is 0 Å². The van der Waals surface area contributed by atoms with Gasteiger partial charge in [0.25, 0.3) is 0 Å². The van der Waals surface area contributed by atoms with E-state index in [1.54, 1.807) is 32.7 Å². The second-order valence-corrected chi connectivity index (χ2v) is 7.13. The molecule has 0 amide bonds. The number of hydrogen-bond donors (Lipinski definition) is 1. The van der Waals surface area contributed by atoms with Crippen LogP contribution in [0.2, 0.25) is 0 Å². The van der Waals surface area contributed by atoms with Crippen molar-refractivity contribution in [3.8, 4) is 0 Å². The highest BCUT2D eigenvalue weighted by molar-refractivity contribution is 5.88. The molecule has 0 spiro atoms. The SMILES string of the molecule is CCOC(=O)c1cnn(C2CCCN(C(=NCCOC)NCCc3ccco3)C2)c1. The standard InChI is InChI=1S/C21H31N5O4/c1-3-29-20(27)17-14-24-26(15-17)18-6-4-11-25(16-18)21(23-10-13-28-2)22-9-8-19-7-5-12-30-19/h5,7,12,14-15,18H,3-4,6,8-11,13,16H2,1-2H3,(H,22,23). The van der Waals surface area contributed by atoms with Crippen molar-refractivity contribution >= 4 is 11.9 Å². The zero-order valence-electron chi connectivity index (χ0n) is 17.7. The van der Waals surface area contributed by atoms with Crippen molar-refractivity contribution in [2.45, 2.75) is 32.2 Å². The van der Waals surface area contributed by atoms with E-state index in [0.717, 1.165) is 50.6 Å². The molecular formula is C21H31N5O4. The molecule has 0 radical (unpaired) electrons. The minimum Gasteiger partial charge on any atom is -0.469 e. The molecule has 2 aromatic heterocycles. The molecule has 3 rings (SSSR count). The molecule has 1 saturated heterocycles. The summed E-state index contributed by atoms with van der Waals surface area (Å²) in [5.74, 6) is 1.47. The number of rotatable bonds is 9. The minimum atomic E-state index is -0.335. The number of nitrogens with one attached hydrogen (secondary N) is 1. The molecule has 30 heavy (non-hydrogen) atoms. The van der Waals surface area contributed by atoms with Gasteiger partial charge in [-0.05, 0) is 31.9 Å². The van der Waals surface area contributed by atoms with E-state index in [1.807, 2.05) is 16.8 Å². The van der Waals surface area contributed by atoms with Crippen molar-refractivity contribution in [1.82, 2.24) is 20.0 Å². The van der Waals surface area contributed by atoms with Gasteiger partial charge in [-0.2, -0.15) is 5.10 Å². The first-order valence-electron chi connectivity index (χ1n) is 10.5. The number of furan rings is 1. The van der Waals surface area contributed by atoms with Crippen LogP contribution in [0.4, 0.5) is 0 Å². The summed E-state index contributed by atoms with van der Waals surface area (Å²) >= 11 is 0. The lowest BCUT2D eigenvalue weighted by Crippen LogP contribution is -2.47. The molecular weight excluding hydrogens is 386 g/mol. The number of guanidine groups is 1. The minimum absolute atomic E-state index is 0.168. The van der Waals surface area contributed by atoms with Crippen LogP contribution < -0.4 is 5.32 Å². The monoisotopic (exact) mass is 417 g/mol. The summed E-state index contributed by atoms with van der Waals surface area (Å²) in [6, 6.07) is 4.04. The third-order valence-electron chi connectivity index (χ3n) is 4.97. The van der Waals surface area contributed by atoms with Gasteiger partial charge in [0.1, 0.15) is 5.76 Å². The highest BCUT2D eigenvalue weighted by Crippen LogP contribution is 2.21. The molecule has 0 bridgehead atoms. The lowest BCUT2D eigenvalue weighted by molar-refractivity contribution is 0.0526. The second-order valence-electron chi connectivity index (χ2n) is 7.13. The predicted molar refractivity (Wildman–Crippen MR) is 113 cm³/mol. The number of hydrogen-bond acceptors (Lipinski definition) is 6. The van der Waals surface area contributed by atoms with Gasteiger partial charge in [-0.25, -0.2) is 4.79 Å². The maximum atomic E-state index is 11.9. The summed E-state index contributed by atoms with van der Waals surface area (Å²) in [6.45, 7) is 5.73. The average Bonchev–Trinajstić information content (AvgIpc) is 3.45. The van der Waals surface area contributed by atoms with E-state index in [-0.39, 0.29) is 12.0 Å². The molecule has 1 unspecified atom stereocenters. The van der Waals surface area contributed by atoms with Gasteiger partial charge in [0.15, 0.2) is 5.96 Å². The molecule has 1 aliphatic heterocycles. The number of esters is 1. The molecule has 9 nitrogen and oxygen atoms in total. The van der Waals surface area contributed by atoms with Crippen molar-refractivity contribution in [3.05, 3.63) is 42.1 Å². The molecule has 3 heterocycles. The van der Waals surface area contributed by atoms with Crippen LogP contribution in [0.15, 0.2) is 40.2 Å². The first-order valence-corrected chi connectivity index (χ1v) is 10.5. The van der Waals surface area contributed by atoms with Crippen molar-refractivity contribution in [1.29, 1.82) is 0 Å². The summed E-state index contributed by atoms with van der Waals surface area (Å²) < 4.78 is 17.5. The lowest BCUT2D eigenvalue weighted by Gasteiger charge is -2.35. The van der Waals surface area contributed by atoms with E-state index in [0.29, 0.717) is 25.3 Å². The summed E-state index contributed by atoms with van der Waals surface area (Å²) in [5.41, 5.74) is 0.486. The normalized spacial score (nSPS) is 17.2. The smallest absolute Gasteiger partial charge is 0.341 e. The van der Waals surface area contributed by atoms with Crippen LogP contribution in [-0.2, 0) is 15.9 Å². The summed E-state index contributed by atoms with van der Waals surface area (Å²) in [4.78, 5) is 18.9. The zero-order chi connectivity index (χ0) is 21.2. The number of aliphatic imine (C=N–C) groups is 1.